The number of nitrogens with zero attached hydrogens (tertiary/aromatic N) is 3. The Morgan fingerprint density at radius 1 is 0.842 bits per heavy atom. The Balaban J connectivity index is 2.94. The molecule has 0 saturated carbocycles. The van der Waals surface area contributed by atoms with E-state index in [9.17, 15) is 19.2 Å². The number of likely N-dealkylation sites (N-methyl/N-ethyl adjacent to an activating group) is 1. The summed E-state index contributed by atoms with van der Waals surface area (Å²) in [5.74, 6) is -0.376. The summed E-state index contributed by atoms with van der Waals surface area (Å²) in [4.78, 5) is 55.7. The Morgan fingerprint density at radius 2 is 1.42 bits per heavy atom. The number of unbranched alkanes of at least 4 members (excludes halogenated alkanes) is 2. The summed E-state index contributed by atoms with van der Waals surface area (Å²) < 4.78 is 5.80. The predicted molar refractivity (Wildman–Crippen MR) is 151 cm³/mol. The molecule has 0 fully saturated rings. The van der Waals surface area contributed by atoms with Gasteiger partial charge in [-0.25, -0.2) is 0 Å². The molecule has 8 nitrogen and oxygen atoms in total. The quantitative estimate of drug-likeness (QED) is 0.202. The molecule has 0 aromatic rings. The second-order valence-electron chi connectivity index (χ2n) is 11.5. The van der Waals surface area contributed by atoms with Crippen LogP contribution in [0.3, 0.4) is 0 Å². The second kappa shape index (κ2) is 16.0. The highest BCUT2D eigenvalue weighted by atomic mass is 16.5. The lowest BCUT2D eigenvalue weighted by Crippen LogP contribution is -2.56. The smallest absolute Gasteiger partial charge is 0.253 e. The van der Waals surface area contributed by atoms with Crippen LogP contribution in [0.5, 0.6) is 0 Å². The van der Waals surface area contributed by atoms with E-state index >= 15 is 0 Å². The van der Waals surface area contributed by atoms with Crippen molar-refractivity contribution in [3.8, 4) is 0 Å². The van der Waals surface area contributed by atoms with Crippen LogP contribution in [-0.2, 0) is 23.9 Å². The molecule has 0 aromatic carbocycles. The van der Waals surface area contributed by atoms with Crippen molar-refractivity contribution in [2.45, 2.75) is 105 Å². The Kier molecular flexibility index (Phi) is 14.2. The molecule has 0 bridgehead atoms. The molecule has 0 aromatic heterocycles. The van der Waals surface area contributed by atoms with E-state index in [-0.39, 0.29) is 65.5 Å². The second-order valence-corrected chi connectivity index (χ2v) is 11.5. The molecule has 8 heteroatoms. The molecule has 0 N–H and O–H groups in total. The van der Waals surface area contributed by atoms with Crippen molar-refractivity contribution in [2.75, 3.05) is 27.7 Å². The molecule has 0 aliphatic carbocycles. The van der Waals surface area contributed by atoms with Gasteiger partial charge in [0.1, 0.15) is 0 Å². The van der Waals surface area contributed by atoms with Crippen LogP contribution in [0.15, 0.2) is 12.2 Å². The molecule has 4 unspecified atom stereocenters. The maximum Gasteiger partial charge on any atom is 0.253 e. The minimum Gasteiger partial charge on any atom is -0.379 e. The lowest BCUT2D eigenvalue weighted by atomic mass is 9.79. The Labute approximate surface area is 231 Å². The van der Waals surface area contributed by atoms with E-state index in [0.717, 1.165) is 19.3 Å². The van der Waals surface area contributed by atoms with Gasteiger partial charge in [0.2, 0.25) is 11.8 Å². The first-order valence-electron chi connectivity index (χ1n) is 14.4. The maximum absolute atomic E-state index is 14.1. The summed E-state index contributed by atoms with van der Waals surface area (Å²) in [6.07, 6.45) is 6.73. The summed E-state index contributed by atoms with van der Waals surface area (Å²) in [5, 5.41) is 0. The molecule has 1 aliphatic rings. The van der Waals surface area contributed by atoms with Crippen molar-refractivity contribution in [3.05, 3.63) is 12.2 Å². The molecular formula is C30H53N3O5. The molecule has 1 rings (SSSR count). The fourth-order valence-corrected chi connectivity index (χ4v) is 5.81. The summed E-state index contributed by atoms with van der Waals surface area (Å²) >= 11 is 0. The number of amides is 4. The number of hydrogen-bond donors (Lipinski definition) is 0. The molecule has 38 heavy (non-hydrogen) atoms. The van der Waals surface area contributed by atoms with Crippen molar-refractivity contribution in [3.63, 3.8) is 0 Å². The summed E-state index contributed by atoms with van der Waals surface area (Å²) in [5.41, 5.74) is 0. The van der Waals surface area contributed by atoms with Gasteiger partial charge in [-0.3, -0.25) is 24.1 Å². The van der Waals surface area contributed by atoms with Crippen molar-refractivity contribution in [2.24, 2.45) is 23.7 Å². The molecule has 1 aliphatic heterocycles. The van der Waals surface area contributed by atoms with Gasteiger partial charge in [0.25, 0.3) is 11.8 Å². The average Bonchev–Trinajstić information content (AvgIpc) is 3.19. The van der Waals surface area contributed by atoms with Gasteiger partial charge in [-0.2, -0.15) is 0 Å². The normalized spacial score (nSPS) is 17.6. The lowest BCUT2D eigenvalue weighted by molar-refractivity contribution is -0.149. The van der Waals surface area contributed by atoms with Gasteiger partial charge in [-0.05, 0) is 37.0 Å². The zero-order chi connectivity index (χ0) is 29.2. The Morgan fingerprint density at radius 3 is 1.87 bits per heavy atom. The van der Waals surface area contributed by atoms with E-state index in [4.69, 9.17) is 4.74 Å². The van der Waals surface area contributed by atoms with Gasteiger partial charge >= 0.3 is 0 Å². The van der Waals surface area contributed by atoms with E-state index in [1.165, 1.54) is 17.1 Å². The molecular weight excluding hydrogens is 482 g/mol. The number of ether oxygens (including phenoxy) is 1. The third-order valence-corrected chi connectivity index (χ3v) is 8.18. The highest BCUT2D eigenvalue weighted by molar-refractivity contribution is 6.12. The number of carbonyl (C=O) groups is 4. The van der Waals surface area contributed by atoms with Gasteiger partial charge < -0.3 is 14.5 Å². The molecule has 0 saturated heterocycles. The molecule has 218 valence electrons. The van der Waals surface area contributed by atoms with E-state index in [0.29, 0.717) is 25.8 Å². The van der Waals surface area contributed by atoms with Crippen molar-refractivity contribution >= 4 is 23.6 Å². The topological polar surface area (TPSA) is 87.2 Å². The number of methoxy groups -OCH3 is 1. The van der Waals surface area contributed by atoms with Crippen LogP contribution < -0.4 is 0 Å². The van der Waals surface area contributed by atoms with Gasteiger partial charge in [0, 0.05) is 52.4 Å². The summed E-state index contributed by atoms with van der Waals surface area (Å²) in [6.45, 7) is 15.0. The van der Waals surface area contributed by atoms with Gasteiger partial charge in [0.05, 0.1) is 18.1 Å². The number of imide groups is 1. The molecule has 1 heterocycles. The van der Waals surface area contributed by atoms with E-state index < -0.39 is 0 Å². The average molecular weight is 536 g/mol. The molecule has 5 atom stereocenters. The van der Waals surface area contributed by atoms with E-state index in [2.05, 4.69) is 48.5 Å². The first-order chi connectivity index (χ1) is 17.8. The fourth-order valence-electron chi connectivity index (χ4n) is 5.81. The van der Waals surface area contributed by atoms with E-state index in [1.807, 2.05) is 19.0 Å². The zero-order valence-electron chi connectivity index (χ0n) is 25.5. The minimum absolute atomic E-state index is 0.0154. The highest BCUT2D eigenvalue weighted by Gasteiger charge is 2.42. The zero-order valence-corrected chi connectivity index (χ0v) is 25.5. The lowest BCUT2D eigenvalue weighted by Gasteiger charge is -2.44. The molecule has 0 radical (unpaired) electrons. The van der Waals surface area contributed by atoms with E-state index in [1.54, 1.807) is 12.0 Å². The standard InChI is InChI=1S/C30H53N3O5/c1-11-22(7)29(23(12-2)38-10)32(9)30(37)27(20(3)4)28(21(5)6)31(8)24(34)16-14-13-15-19-33-25(35)17-18-26(33)36/h17-18,20-23,27-29H,11-16,19H2,1-10H3/t22?,23?,27-,28?,29?/m1/s1. The van der Waals surface area contributed by atoms with Crippen molar-refractivity contribution in [1.29, 1.82) is 0 Å². The number of carbonyl (C=O) groups excluding carboxylic acids is 4. The SMILES string of the molecule is CCC(C)C(C(CC)OC)N(C)C(=O)[C@H](C(C)C)C(C(C)C)N(C)C(=O)CCCCCN1C(=O)C=CC1=O. The van der Waals surface area contributed by atoms with Crippen LogP contribution >= 0.6 is 0 Å². The Hall–Kier alpha value is -2.22. The van der Waals surface area contributed by atoms with Crippen LogP contribution in [0.1, 0.15) is 87.0 Å². The monoisotopic (exact) mass is 535 g/mol. The third-order valence-electron chi connectivity index (χ3n) is 8.18. The van der Waals surface area contributed by atoms with Gasteiger partial charge in [0.15, 0.2) is 0 Å². The van der Waals surface area contributed by atoms with Gasteiger partial charge in [-0.1, -0.05) is 61.3 Å². The molecule has 4 amide bonds. The van der Waals surface area contributed by atoms with Gasteiger partial charge in [-0.15, -0.1) is 0 Å². The predicted octanol–water partition coefficient (Wildman–Crippen LogP) is 4.53. The van der Waals surface area contributed by atoms with Crippen LogP contribution in [0.4, 0.5) is 0 Å². The van der Waals surface area contributed by atoms with Crippen LogP contribution in [-0.4, -0.2) is 84.3 Å². The van der Waals surface area contributed by atoms with Crippen LogP contribution in [0, 0.1) is 23.7 Å². The maximum atomic E-state index is 14.1. The summed E-state index contributed by atoms with van der Waals surface area (Å²) in [7, 11) is 5.42. The van der Waals surface area contributed by atoms with Crippen molar-refractivity contribution in [1.82, 2.24) is 14.7 Å². The minimum atomic E-state index is -0.338. The Bertz CT molecular complexity index is 803. The third kappa shape index (κ3) is 8.65. The van der Waals surface area contributed by atoms with Crippen molar-refractivity contribution < 1.29 is 23.9 Å². The van der Waals surface area contributed by atoms with Crippen LogP contribution in [0.25, 0.3) is 0 Å². The van der Waals surface area contributed by atoms with Crippen LogP contribution in [0.2, 0.25) is 0 Å². The highest BCUT2D eigenvalue weighted by Crippen LogP contribution is 2.31. The largest absolute Gasteiger partial charge is 0.379 e. The number of hydrogen-bond acceptors (Lipinski definition) is 5. The first kappa shape index (κ1) is 33.8. The first-order valence-corrected chi connectivity index (χ1v) is 14.4. The fraction of sp³-hybridized carbons (Fsp3) is 0.800. The number of rotatable bonds is 17. The summed E-state index contributed by atoms with van der Waals surface area (Å²) in [6, 6.07) is -0.272. The molecule has 0 spiro atoms.